The molecule has 1 saturated heterocycles. The molecule has 0 saturated carbocycles. The standard InChI is InChI=1S/C25H30BrN3O3/c1-20(30)28(12-6-9-21-7-3-4-11-24(21)32-2)16-13-27-14-17-29(18-15-27)25(31)22-8-5-10-23(26)19-22/h3-11,19H,12-18H2,1-2H3/b9-6+. The highest BCUT2D eigenvalue weighted by molar-refractivity contribution is 9.10. The minimum atomic E-state index is 0.0538. The Labute approximate surface area is 198 Å². The summed E-state index contributed by atoms with van der Waals surface area (Å²) in [7, 11) is 1.65. The second-order valence-corrected chi connectivity index (χ2v) is 8.67. The molecule has 6 nitrogen and oxygen atoms in total. The SMILES string of the molecule is COc1ccccc1/C=C/CN(CCN1CCN(C(=O)c2cccc(Br)c2)CC1)C(C)=O. The maximum absolute atomic E-state index is 12.7. The van der Waals surface area contributed by atoms with Gasteiger partial charge in [-0.15, -0.1) is 0 Å². The van der Waals surface area contributed by atoms with Gasteiger partial charge in [0, 0.05) is 68.3 Å². The van der Waals surface area contributed by atoms with Crippen LogP contribution >= 0.6 is 15.9 Å². The van der Waals surface area contributed by atoms with Crippen molar-refractivity contribution in [1.29, 1.82) is 0 Å². The third-order valence-electron chi connectivity index (χ3n) is 5.62. The molecule has 2 aromatic rings. The van der Waals surface area contributed by atoms with Crippen molar-refractivity contribution in [2.24, 2.45) is 0 Å². The van der Waals surface area contributed by atoms with Crippen LogP contribution in [0.4, 0.5) is 0 Å². The summed E-state index contributed by atoms with van der Waals surface area (Å²) in [5, 5.41) is 0. The predicted molar refractivity (Wildman–Crippen MR) is 131 cm³/mol. The Bertz CT molecular complexity index is 955. The van der Waals surface area contributed by atoms with Gasteiger partial charge in [-0.25, -0.2) is 0 Å². The Morgan fingerprint density at radius 2 is 1.84 bits per heavy atom. The summed E-state index contributed by atoms with van der Waals surface area (Å²) in [4.78, 5) is 30.9. The first-order valence-electron chi connectivity index (χ1n) is 10.8. The first-order chi connectivity index (χ1) is 15.5. The van der Waals surface area contributed by atoms with Gasteiger partial charge in [0.25, 0.3) is 5.91 Å². The van der Waals surface area contributed by atoms with E-state index in [1.54, 1.807) is 14.0 Å². The Hall–Kier alpha value is -2.64. The molecule has 3 rings (SSSR count). The highest BCUT2D eigenvalue weighted by atomic mass is 79.9. The minimum absolute atomic E-state index is 0.0538. The zero-order chi connectivity index (χ0) is 22.9. The van der Waals surface area contributed by atoms with Gasteiger partial charge >= 0.3 is 0 Å². The predicted octanol–water partition coefficient (Wildman–Crippen LogP) is 3.78. The number of nitrogens with zero attached hydrogens (tertiary/aromatic N) is 3. The van der Waals surface area contributed by atoms with Crippen molar-refractivity contribution in [2.75, 3.05) is 52.9 Å². The molecule has 0 unspecified atom stereocenters. The lowest BCUT2D eigenvalue weighted by Gasteiger charge is -2.35. The summed E-state index contributed by atoms with van der Waals surface area (Å²) in [6.07, 6.45) is 3.98. The van der Waals surface area contributed by atoms with Crippen LogP contribution in [-0.2, 0) is 4.79 Å². The number of piperazine rings is 1. The molecule has 2 aromatic carbocycles. The number of hydrogen-bond acceptors (Lipinski definition) is 4. The Morgan fingerprint density at radius 1 is 1.09 bits per heavy atom. The van der Waals surface area contributed by atoms with Gasteiger partial charge in [-0.05, 0) is 24.3 Å². The molecule has 7 heteroatoms. The van der Waals surface area contributed by atoms with E-state index in [0.29, 0.717) is 31.7 Å². The molecule has 0 radical (unpaired) electrons. The summed E-state index contributed by atoms with van der Waals surface area (Å²) in [5.41, 5.74) is 1.70. The fraction of sp³-hybridized carbons (Fsp3) is 0.360. The van der Waals surface area contributed by atoms with E-state index in [-0.39, 0.29) is 11.8 Å². The van der Waals surface area contributed by atoms with Gasteiger partial charge in [0.1, 0.15) is 5.75 Å². The molecule has 1 aliphatic rings. The summed E-state index contributed by atoms with van der Waals surface area (Å²) in [6, 6.07) is 15.3. The number of halogens is 1. The lowest BCUT2D eigenvalue weighted by atomic mass is 10.2. The van der Waals surface area contributed by atoms with Crippen LogP contribution in [0.5, 0.6) is 5.75 Å². The topological polar surface area (TPSA) is 53.1 Å². The van der Waals surface area contributed by atoms with E-state index in [2.05, 4.69) is 20.8 Å². The van der Waals surface area contributed by atoms with Gasteiger partial charge in [-0.2, -0.15) is 0 Å². The largest absolute Gasteiger partial charge is 0.496 e. The lowest BCUT2D eigenvalue weighted by Crippen LogP contribution is -2.50. The van der Waals surface area contributed by atoms with Crippen molar-refractivity contribution in [1.82, 2.24) is 14.7 Å². The highest BCUT2D eigenvalue weighted by Gasteiger charge is 2.22. The fourth-order valence-corrected chi connectivity index (χ4v) is 4.13. The van der Waals surface area contributed by atoms with E-state index in [0.717, 1.165) is 35.4 Å². The van der Waals surface area contributed by atoms with Gasteiger partial charge in [-0.3, -0.25) is 14.5 Å². The molecule has 0 aromatic heterocycles. The quantitative estimate of drug-likeness (QED) is 0.554. The molecule has 0 atom stereocenters. The monoisotopic (exact) mass is 499 g/mol. The van der Waals surface area contributed by atoms with Gasteiger partial charge in [-0.1, -0.05) is 52.3 Å². The third-order valence-corrected chi connectivity index (χ3v) is 6.12. The number of benzene rings is 2. The number of para-hydroxylation sites is 1. The zero-order valence-electron chi connectivity index (χ0n) is 18.7. The number of hydrogen-bond donors (Lipinski definition) is 0. The van der Waals surface area contributed by atoms with Crippen LogP contribution < -0.4 is 4.74 Å². The summed E-state index contributed by atoms with van der Waals surface area (Å²) in [6.45, 7) is 6.61. The first kappa shape index (κ1) is 24.0. The van der Waals surface area contributed by atoms with E-state index in [1.165, 1.54) is 0 Å². The highest BCUT2D eigenvalue weighted by Crippen LogP contribution is 2.18. The maximum Gasteiger partial charge on any atom is 0.253 e. The van der Waals surface area contributed by atoms with Crippen molar-refractivity contribution < 1.29 is 14.3 Å². The average Bonchev–Trinajstić information content (AvgIpc) is 2.81. The fourth-order valence-electron chi connectivity index (χ4n) is 3.73. The van der Waals surface area contributed by atoms with E-state index >= 15 is 0 Å². The number of ether oxygens (including phenoxy) is 1. The molecular weight excluding hydrogens is 470 g/mol. The molecule has 1 heterocycles. The molecule has 1 fully saturated rings. The van der Waals surface area contributed by atoms with Crippen molar-refractivity contribution in [3.05, 3.63) is 70.2 Å². The van der Waals surface area contributed by atoms with Crippen molar-refractivity contribution in [3.63, 3.8) is 0 Å². The van der Waals surface area contributed by atoms with Crippen LogP contribution in [0.1, 0.15) is 22.8 Å². The molecule has 170 valence electrons. The number of amides is 2. The second kappa shape index (κ2) is 11.8. The number of rotatable bonds is 8. The van der Waals surface area contributed by atoms with E-state index < -0.39 is 0 Å². The Morgan fingerprint density at radius 3 is 2.53 bits per heavy atom. The van der Waals surface area contributed by atoms with Crippen LogP contribution in [-0.4, -0.2) is 79.4 Å². The Kier molecular flexibility index (Phi) is 8.88. The summed E-state index contributed by atoms with van der Waals surface area (Å²) >= 11 is 3.43. The van der Waals surface area contributed by atoms with Gasteiger partial charge in [0.15, 0.2) is 0 Å². The van der Waals surface area contributed by atoms with Crippen LogP contribution in [0.15, 0.2) is 59.1 Å². The average molecular weight is 500 g/mol. The number of carbonyl (C=O) groups is 2. The van der Waals surface area contributed by atoms with Gasteiger partial charge in [0.2, 0.25) is 5.91 Å². The Balaban J connectivity index is 1.47. The van der Waals surface area contributed by atoms with E-state index in [1.807, 2.05) is 70.5 Å². The van der Waals surface area contributed by atoms with Gasteiger partial charge < -0.3 is 14.5 Å². The maximum atomic E-state index is 12.7. The molecule has 1 aliphatic heterocycles. The molecule has 2 amide bonds. The van der Waals surface area contributed by atoms with Crippen LogP contribution in [0.25, 0.3) is 6.08 Å². The lowest BCUT2D eigenvalue weighted by molar-refractivity contribution is -0.128. The molecule has 0 N–H and O–H groups in total. The number of methoxy groups -OCH3 is 1. The van der Waals surface area contributed by atoms with Crippen molar-refractivity contribution in [3.8, 4) is 5.75 Å². The first-order valence-corrected chi connectivity index (χ1v) is 11.6. The van der Waals surface area contributed by atoms with Crippen LogP contribution in [0.3, 0.4) is 0 Å². The summed E-state index contributed by atoms with van der Waals surface area (Å²) < 4.78 is 6.28. The van der Waals surface area contributed by atoms with E-state index in [9.17, 15) is 9.59 Å². The minimum Gasteiger partial charge on any atom is -0.496 e. The summed E-state index contributed by atoms with van der Waals surface area (Å²) in [5.74, 6) is 0.935. The smallest absolute Gasteiger partial charge is 0.253 e. The van der Waals surface area contributed by atoms with Crippen molar-refractivity contribution >= 4 is 33.8 Å². The molecule has 0 aliphatic carbocycles. The molecular formula is C25H30BrN3O3. The zero-order valence-corrected chi connectivity index (χ0v) is 20.3. The molecule has 0 bridgehead atoms. The van der Waals surface area contributed by atoms with E-state index in [4.69, 9.17) is 4.74 Å². The second-order valence-electron chi connectivity index (χ2n) is 7.75. The van der Waals surface area contributed by atoms with Crippen molar-refractivity contribution in [2.45, 2.75) is 6.92 Å². The molecule has 32 heavy (non-hydrogen) atoms. The van der Waals surface area contributed by atoms with Gasteiger partial charge in [0.05, 0.1) is 7.11 Å². The molecule has 0 spiro atoms. The normalized spacial score (nSPS) is 14.5. The van der Waals surface area contributed by atoms with Crippen LogP contribution in [0, 0.1) is 0 Å². The van der Waals surface area contributed by atoms with Crippen LogP contribution in [0.2, 0.25) is 0 Å². The number of carbonyl (C=O) groups excluding carboxylic acids is 2. The third kappa shape index (κ3) is 6.68.